The lowest BCUT2D eigenvalue weighted by Gasteiger charge is -2.20. The third-order valence-corrected chi connectivity index (χ3v) is 11.8. The first kappa shape index (κ1) is 31.5. The Morgan fingerprint density at radius 2 is 0.891 bits per heavy atom. The summed E-state index contributed by atoms with van der Waals surface area (Å²) >= 11 is 0. The smallest absolute Gasteiger partial charge is 0.000741 e. The predicted octanol–water partition coefficient (Wildman–Crippen LogP) is 15.1. The second kappa shape index (κ2) is 12.3. The van der Waals surface area contributed by atoms with Gasteiger partial charge in [0.05, 0.1) is 0 Å². The van der Waals surface area contributed by atoms with Gasteiger partial charge in [0.15, 0.2) is 0 Å². The molecule has 0 saturated heterocycles. The van der Waals surface area contributed by atoms with Crippen molar-refractivity contribution in [1.29, 1.82) is 0 Å². The van der Waals surface area contributed by atoms with Crippen LogP contribution in [0.25, 0.3) is 99.5 Å². The molecule has 0 heterocycles. The van der Waals surface area contributed by atoms with Gasteiger partial charge in [-0.05, 0) is 141 Å². The van der Waals surface area contributed by atoms with Crippen molar-refractivity contribution in [1.82, 2.24) is 0 Å². The zero-order chi connectivity index (χ0) is 36.6. The van der Waals surface area contributed by atoms with Gasteiger partial charge >= 0.3 is 0 Å². The minimum atomic E-state index is 1.02. The van der Waals surface area contributed by atoms with Gasteiger partial charge in [-0.25, -0.2) is 0 Å². The average molecular weight is 697 g/mol. The molecule has 2 aliphatic rings. The Hall–Kier alpha value is -7.02. The van der Waals surface area contributed by atoms with Crippen LogP contribution in [-0.2, 0) is 0 Å². The molecule has 256 valence electrons. The van der Waals surface area contributed by atoms with Crippen LogP contribution in [0.4, 0.5) is 0 Å². The van der Waals surface area contributed by atoms with Gasteiger partial charge in [-0.2, -0.15) is 0 Å². The number of hydrogen-bond acceptors (Lipinski definition) is 0. The van der Waals surface area contributed by atoms with Crippen LogP contribution in [0.15, 0.2) is 195 Å². The van der Waals surface area contributed by atoms with Crippen molar-refractivity contribution in [3.63, 3.8) is 0 Å². The van der Waals surface area contributed by atoms with E-state index >= 15 is 0 Å². The molecule has 0 aliphatic heterocycles. The molecule has 9 aromatic rings. The number of fused-ring (bicyclic) bond motifs is 7. The molecule has 0 aromatic heterocycles. The van der Waals surface area contributed by atoms with Crippen molar-refractivity contribution in [3.05, 3.63) is 217 Å². The molecule has 0 amide bonds. The van der Waals surface area contributed by atoms with Crippen LogP contribution in [0.2, 0.25) is 0 Å². The molecule has 0 saturated carbocycles. The number of benzene rings is 9. The van der Waals surface area contributed by atoms with Gasteiger partial charge < -0.3 is 0 Å². The van der Waals surface area contributed by atoms with Gasteiger partial charge in [-0.15, -0.1) is 0 Å². The Morgan fingerprint density at radius 3 is 1.55 bits per heavy atom. The van der Waals surface area contributed by atoms with Crippen LogP contribution in [0.3, 0.4) is 0 Å². The summed E-state index contributed by atoms with van der Waals surface area (Å²) in [5, 5.41) is 5.18. The van der Waals surface area contributed by atoms with Crippen molar-refractivity contribution in [2.24, 2.45) is 0 Å². The Kier molecular flexibility index (Phi) is 7.03. The third kappa shape index (κ3) is 4.72. The lowest BCUT2D eigenvalue weighted by Crippen LogP contribution is -1.93. The van der Waals surface area contributed by atoms with E-state index in [2.05, 4.69) is 202 Å². The Labute approximate surface area is 322 Å². The summed E-state index contributed by atoms with van der Waals surface area (Å²) < 4.78 is 0. The molecule has 0 unspecified atom stereocenters. The van der Waals surface area contributed by atoms with E-state index in [1.807, 2.05) is 0 Å². The van der Waals surface area contributed by atoms with Gasteiger partial charge in [-0.1, -0.05) is 183 Å². The minimum Gasteiger partial charge on any atom is -0.0911 e. The van der Waals surface area contributed by atoms with E-state index in [0.717, 1.165) is 11.1 Å². The van der Waals surface area contributed by atoms with E-state index in [1.54, 1.807) is 0 Å². The molecule has 0 N–H and O–H groups in total. The van der Waals surface area contributed by atoms with Crippen LogP contribution < -0.4 is 0 Å². The van der Waals surface area contributed by atoms with Crippen molar-refractivity contribution >= 4 is 32.7 Å². The first-order chi connectivity index (χ1) is 27.2. The number of allylic oxidation sites excluding steroid dienone is 2. The largest absolute Gasteiger partial charge is 0.0911 e. The minimum absolute atomic E-state index is 1.02. The van der Waals surface area contributed by atoms with Gasteiger partial charge in [0.1, 0.15) is 0 Å². The van der Waals surface area contributed by atoms with E-state index in [1.165, 1.54) is 111 Å². The monoisotopic (exact) mass is 696 g/mol. The fraction of sp³-hybridized carbons (Fsp3) is 0.0182. The second-order valence-electron chi connectivity index (χ2n) is 14.9. The number of hydrogen-bond donors (Lipinski definition) is 0. The van der Waals surface area contributed by atoms with Crippen LogP contribution in [0.1, 0.15) is 22.3 Å². The highest BCUT2D eigenvalue weighted by Gasteiger charge is 2.32. The SMILES string of the molecule is C=C(/C=C1/c2ccccc2-c2cc(-c3ccc4c5c(cccc35)-c3c-4c(-c4ccccc4)c4ccccc4c3-c3ccccc3)cc(C)c21)c1ccccc1. The molecule has 55 heavy (non-hydrogen) atoms. The van der Waals surface area contributed by atoms with Gasteiger partial charge in [0, 0.05) is 0 Å². The molecule has 0 nitrogen and oxygen atoms in total. The van der Waals surface area contributed by atoms with E-state index in [4.69, 9.17) is 0 Å². The Bertz CT molecular complexity index is 2980. The third-order valence-electron chi connectivity index (χ3n) is 11.8. The van der Waals surface area contributed by atoms with Crippen molar-refractivity contribution < 1.29 is 0 Å². The maximum atomic E-state index is 4.49. The molecule has 0 radical (unpaired) electrons. The summed E-state index contributed by atoms with van der Waals surface area (Å²) in [6.07, 6.45) is 2.28. The Morgan fingerprint density at radius 1 is 0.382 bits per heavy atom. The fourth-order valence-electron chi connectivity index (χ4n) is 9.52. The zero-order valence-corrected chi connectivity index (χ0v) is 30.6. The van der Waals surface area contributed by atoms with Crippen molar-refractivity contribution in [2.75, 3.05) is 0 Å². The van der Waals surface area contributed by atoms with E-state index < -0.39 is 0 Å². The molecule has 2 aliphatic carbocycles. The van der Waals surface area contributed by atoms with Gasteiger partial charge in [-0.3, -0.25) is 0 Å². The van der Waals surface area contributed by atoms with Crippen LogP contribution in [0.5, 0.6) is 0 Å². The quantitative estimate of drug-likeness (QED) is 0.168. The van der Waals surface area contributed by atoms with Crippen LogP contribution in [0, 0.1) is 6.92 Å². The molecule has 9 aromatic carbocycles. The highest BCUT2D eigenvalue weighted by Crippen LogP contribution is 2.59. The standard InChI is InChI=1S/C55H36/c1-34(36-17-6-3-7-18-36)32-48-41-23-12-13-24-42(41)49-33-39(31-35(2)50(48)49)40-29-30-47-53-43(40)27-16-28-46(53)54-51(37-19-8-4-9-20-37)44-25-14-15-26-45(44)52(55(47)54)38-21-10-5-11-22-38/h3-33H,1H2,2H3/b48-32-. The summed E-state index contributed by atoms with van der Waals surface area (Å²) in [5.41, 5.74) is 22.7. The van der Waals surface area contributed by atoms with Crippen molar-refractivity contribution in [2.45, 2.75) is 6.92 Å². The first-order valence-electron chi connectivity index (χ1n) is 19.1. The maximum absolute atomic E-state index is 4.49. The number of aryl methyl sites for hydroxylation is 1. The summed E-state index contributed by atoms with van der Waals surface area (Å²) in [7, 11) is 0. The van der Waals surface area contributed by atoms with E-state index in [0.29, 0.717) is 0 Å². The topological polar surface area (TPSA) is 0 Å². The zero-order valence-electron chi connectivity index (χ0n) is 30.6. The summed E-state index contributed by atoms with van der Waals surface area (Å²) in [6.45, 7) is 6.77. The molecule has 11 rings (SSSR count). The van der Waals surface area contributed by atoms with Gasteiger partial charge in [0.2, 0.25) is 0 Å². The summed E-state index contributed by atoms with van der Waals surface area (Å²) in [5.74, 6) is 0. The molecule has 0 atom stereocenters. The fourth-order valence-corrected chi connectivity index (χ4v) is 9.52. The van der Waals surface area contributed by atoms with Crippen LogP contribution in [-0.4, -0.2) is 0 Å². The molecule has 0 heteroatoms. The highest BCUT2D eigenvalue weighted by molar-refractivity contribution is 6.29. The lowest BCUT2D eigenvalue weighted by atomic mass is 9.82. The molecule has 0 spiro atoms. The summed E-state index contributed by atoms with van der Waals surface area (Å²) in [4.78, 5) is 0. The lowest BCUT2D eigenvalue weighted by molar-refractivity contribution is 1.44. The van der Waals surface area contributed by atoms with Crippen LogP contribution >= 0.6 is 0 Å². The summed E-state index contributed by atoms with van der Waals surface area (Å²) in [6, 6.07) is 66.8. The number of rotatable bonds is 5. The first-order valence-corrected chi connectivity index (χ1v) is 19.1. The highest BCUT2D eigenvalue weighted by atomic mass is 14.3. The molecular weight excluding hydrogens is 661 g/mol. The average Bonchev–Trinajstić information content (AvgIpc) is 3.74. The second-order valence-corrected chi connectivity index (χ2v) is 14.9. The Balaban J connectivity index is 1.16. The normalized spacial score (nSPS) is 12.9. The molecule has 0 bridgehead atoms. The molecular formula is C55H36. The maximum Gasteiger partial charge on any atom is -0.000741 e. The van der Waals surface area contributed by atoms with E-state index in [9.17, 15) is 0 Å². The van der Waals surface area contributed by atoms with E-state index in [-0.39, 0.29) is 0 Å². The predicted molar refractivity (Wildman–Crippen MR) is 235 cm³/mol. The van der Waals surface area contributed by atoms with Crippen molar-refractivity contribution in [3.8, 4) is 66.8 Å². The molecule has 0 fully saturated rings. The van der Waals surface area contributed by atoms with Gasteiger partial charge in [0.25, 0.3) is 0 Å².